The normalized spacial score (nSPS) is 10.8. The van der Waals surface area contributed by atoms with Gasteiger partial charge in [-0.25, -0.2) is 4.98 Å². The first kappa shape index (κ1) is 20.5. The van der Waals surface area contributed by atoms with E-state index in [1.165, 1.54) is 11.8 Å². The van der Waals surface area contributed by atoms with Crippen LogP contribution in [0, 0.1) is 0 Å². The summed E-state index contributed by atoms with van der Waals surface area (Å²) in [6.07, 6.45) is 3.58. The first-order valence-corrected chi connectivity index (χ1v) is 10.2. The molecule has 0 spiro atoms. The third kappa shape index (κ3) is 5.88. The summed E-state index contributed by atoms with van der Waals surface area (Å²) < 4.78 is 2.94. The number of halogens is 1. The zero-order valence-corrected chi connectivity index (χ0v) is 17.5. The van der Waals surface area contributed by atoms with Crippen LogP contribution in [0.2, 0.25) is 0 Å². The molecule has 2 rings (SSSR count). The summed E-state index contributed by atoms with van der Waals surface area (Å²) in [4.78, 5) is 30.2. The number of carbonyl (C=O) groups excluding carboxylic acids is 2. The van der Waals surface area contributed by atoms with Crippen LogP contribution in [0.3, 0.4) is 0 Å². The molecule has 0 aliphatic heterocycles. The van der Waals surface area contributed by atoms with Crippen LogP contribution in [0.5, 0.6) is 0 Å². The molecule has 0 atom stereocenters. The second kappa shape index (κ2) is 9.78. The first-order valence-electron chi connectivity index (χ1n) is 8.40. The summed E-state index contributed by atoms with van der Waals surface area (Å²) in [5.74, 6) is 0.00871. The van der Waals surface area contributed by atoms with E-state index in [1.807, 2.05) is 55.8 Å². The fraction of sp³-hybridized carbons (Fsp3) is 0.389. The second-order valence-corrected chi connectivity index (χ2v) is 7.83. The number of rotatable bonds is 8. The van der Waals surface area contributed by atoms with Crippen molar-refractivity contribution in [2.45, 2.75) is 32.0 Å². The molecule has 0 aliphatic rings. The van der Waals surface area contributed by atoms with Crippen LogP contribution >= 0.6 is 27.7 Å². The molecule has 8 heteroatoms. The van der Waals surface area contributed by atoms with Gasteiger partial charge in [-0.15, -0.1) is 0 Å². The summed E-state index contributed by atoms with van der Waals surface area (Å²) in [6, 6.07) is 7.93. The summed E-state index contributed by atoms with van der Waals surface area (Å²) >= 11 is 4.79. The minimum atomic E-state index is -0.142. The summed E-state index contributed by atoms with van der Waals surface area (Å²) in [6.45, 7) is 6.23. The molecule has 26 heavy (non-hydrogen) atoms. The molecule has 0 saturated heterocycles. The molecule has 0 aliphatic carbocycles. The van der Waals surface area contributed by atoms with E-state index in [0.717, 1.165) is 15.3 Å². The van der Waals surface area contributed by atoms with Crippen LogP contribution in [-0.4, -0.2) is 51.1 Å². The third-order valence-corrected chi connectivity index (χ3v) is 5.04. The highest BCUT2D eigenvalue weighted by Crippen LogP contribution is 2.22. The van der Waals surface area contributed by atoms with Gasteiger partial charge in [0.25, 0.3) is 0 Å². The number of benzene rings is 1. The lowest BCUT2D eigenvalue weighted by Crippen LogP contribution is -2.43. The molecule has 0 radical (unpaired) electrons. The van der Waals surface area contributed by atoms with Crippen molar-refractivity contribution in [2.75, 3.05) is 18.8 Å². The average molecular weight is 439 g/mol. The van der Waals surface area contributed by atoms with Crippen molar-refractivity contribution < 1.29 is 9.59 Å². The zero-order chi connectivity index (χ0) is 19.1. The number of carbonyl (C=O) groups is 2. The molecular formula is C18H23BrN4O2S. The molecule has 6 nitrogen and oxygen atoms in total. The Bertz CT molecular complexity index is 746. The SMILES string of the molecule is CCN(CC(=O)NC(C)C)C(=O)CSc1nccn1-c1ccc(Br)cc1. The van der Waals surface area contributed by atoms with Gasteiger partial charge in [0.15, 0.2) is 5.16 Å². The predicted molar refractivity (Wildman–Crippen MR) is 108 cm³/mol. The minimum absolute atomic E-state index is 0.0593. The highest BCUT2D eigenvalue weighted by Gasteiger charge is 2.17. The van der Waals surface area contributed by atoms with E-state index in [1.54, 1.807) is 11.1 Å². The molecule has 2 amide bonds. The van der Waals surface area contributed by atoms with Crippen molar-refractivity contribution in [3.8, 4) is 5.69 Å². The smallest absolute Gasteiger partial charge is 0.239 e. The largest absolute Gasteiger partial charge is 0.352 e. The van der Waals surface area contributed by atoms with Gasteiger partial charge in [-0.1, -0.05) is 27.7 Å². The molecule has 0 unspecified atom stereocenters. The maximum absolute atomic E-state index is 12.5. The highest BCUT2D eigenvalue weighted by molar-refractivity contribution is 9.10. The molecule has 1 aromatic carbocycles. The van der Waals surface area contributed by atoms with Gasteiger partial charge in [-0.3, -0.25) is 14.2 Å². The van der Waals surface area contributed by atoms with E-state index in [-0.39, 0.29) is 30.2 Å². The number of aromatic nitrogens is 2. The summed E-state index contributed by atoms with van der Waals surface area (Å²) in [5.41, 5.74) is 0.976. The average Bonchev–Trinajstić information content (AvgIpc) is 3.06. The lowest BCUT2D eigenvalue weighted by atomic mass is 10.3. The number of nitrogens with zero attached hydrogens (tertiary/aromatic N) is 3. The molecule has 1 aromatic heterocycles. The number of amides is 2. The molecule has 0 saturated carbocycles. The van der Waals surface area contributed by atoms with Crippen molar-refractivity contribution in [1.82, 2.24) is 19.8 Å². The number of nitrogens with one attached hydrogen (secondary N) is 1. The standard InChI is InChI=1S/C18H23BrN4O2S/c1-4-22(11-16(24)21-13(2)3)17(25)12-26-18-20-9-10-23(18)15-7-5-14(19)6-8-15/h5-10,13H,4,11-12H2,1-3H3,(H,21,24). The van der Waals surface area contributed by atoms with E-state index in [0.29, 0.717) is 6.54 Å². The van der Waals surface area contributed by atoms with E-state index in [2.05, 4.69) is 26.2 Å². The van der Waals surface area contributed by atoms with Gasteiger partial charge >= 0.3 is 0 Å². The van der Waals surface area contributed by atoms with Gasteiger partial charge in [0.2, 0.25) is 11.8 Å². The van der Waals surface area contributed by atoms with Crippen molar-refractivity contribution in [3.63, 3.8) is 0 Å². The Kier molecular flexibility index (Phi) is 7.71. The monoisotopic (exact) mass is 438 g/mol. The zero-order valence-electron chi connectivity index (χ0n) is 15.1. The quantitative estimate of drug-likeness (QED) is 0.642. The summed E-state index contributed by atoms with van der Waals surface area (Å²) in [5, 5.41) is 3.55. The molecule has 2 aromatic rings. The van der Waals surface area contributed by atoms with Crippen molar-refractivity contribution >= 4 is 39.5 Å². The number of hydrogen-bond acceptors (Lipinski definition) is 4. The molecule has 1 N–H and O–H groups in total. The maximum Gasteiger partial charge on any atom is 0.239 e. The highest BCUT2D eigenvalue weighted by atomic mass is 79.9. The Balaban J connectivity index is 1.97. The lowest BCUT2D eigenvalue weighted by molar-refractivity contribution is -0.134. The van der Waals surface area contributed by atoms with E-state index < -0.39 is 0 Å². The Labute approximate surface area is 166 Å². The second-order valence-electron chi connectivity index (χ2n) is 5.98. The van der Waals surface area contributed by atoms with Gasteiger partial charge in [0, 0.05) is 35.1 Å². The van der Waals surface area contributed by atoms with Gasteiger partial charge in [-0.2, -0.15) is 0 Å². The van der Waals surface area contributed by atoms with Crippen LogP contribution in [0.25, 0.3) is 5.69 Å². The van der Waals surface area contributed by atoms with E-state index >= 15 is 0 Å². The van der Waals surface area contributed by atoms with Gasteiger partial charge in [0.1, 0.15) is 0 Å². The van der Waals surface area contributed by atoms with Crippen LogP contribution in [-0.2, 0) is 9.59 Å². The molecular weight excluding hydrogens is 416 g/mol. The van der Waals surface area contributed by atoms with Crippen LogP contribution in [0.1, 0.15) is 20.8 Å². The van der Waals surface area contributed by atoms with Crippen molar-refractivity contribution in [3.05, 3.63) is 41.1 Å². The minimum Gasteiger partial charge on any atom is -0.352 e. The van der Waals surface area contributed by atoms with Crippen molar-refractivity contribution in [1.29, 1.82) is 0 Å². The molecule has 140 valence electrons. The molecule has 1 heterocycles. The van der Waals surface area contributed by atoms with Crippen LogP contribution in [0.4, 0.5) is 0 Å². The molecule has 0 bridgehead atoms. The fourth-order valence-electron chi connectivity index (χ4n) is 2.33. The Morgan fingerprint density at radius 3 is 2.62 bits per heavy atom. The first-order chi connectivity index (χ1) is 12.4. The number of hydrogen-bond donors (Lipinski definition) is 1. The Hall–Kier alpha value is -1.80. The number of imidazole rings is 1. The van der Waals surface area contributed by atoms with Crippen molar-refractivity contribution in [2.24, 2.45) is 0 Å². The Morgan fingerprint density at radius 2 is 2.00 bits per heavy atom. The topological polar surface area (TPSA) is 67.2 Å². The van der Waals surface area contributed by atoms with E-state index in [4.69, 9.17) is 0 Å². The predicted octanol–water partition coefficient (Wildman–Crippen LogP) is 3.10. The van der Waals surface area contributed by atoms with E-state index in [9.17, 15) is 9.59 Å². The third-order valence-electron chi connectivity index (χ3n) is 3.55. The maximum atomic E-state index is 12.5. The van der Waals surface area contributed by atoms with Crippen LogP contribution in [0.15, 0.2) is 46.3 Å². The van der Waals surface area contributed by atoms with Crippen LogP contribution < -0.4 is 5.32 Å². The van der Waals surface area contributed by atoms with Gasteiger partial charge in [-0.05, 0) is 45.0 Å². The van der Waals surface area contributed by atoms with Gasteiger partial charge in [0.05, 0.1) is 12.3 Å². The number of thioether (sulfide) groups is 1. The summed E-state index contributed by atoms with van der Waals surface area (Å²) in [7, 11) is 0. The molecule has 0 fully saturated rings. The fourth-order valence-corrected chi connectivity index (χ4v) is 3.47. The Morgan fingerprint density at radius 1 is 1.31 bits per heavy atom. The number of likely N-dealkylation sites (N-methyl/N-ethyl adjacent to an activating group) is 1. The lowest BCUT2D eigenvalue weighted by Gasteiger charge is -2.21. The van der Waals surface area contributed by atoms with Gasteiger partial charge < -0.3 is 10.2 Å².